The summed E-state index contributed by atoms with van der Waals surface area (Å²) in [6.45, 7) is 4.82. The Hall–Kier alpha value is -1.28. The van der Waals surface area contributed by atoms with Crippen LogP contribution in [0.5, 0.6) is 0 Å². The lowest BCUT2D eigenvalue weighted by Crippen LogP contribution is -2.15. The van der Waals surface area contributed by atoms with E-state index < -0.39 is 5.60 Å². The van der Waals surface area contributed by atoms with Crippen LogP contribution in [0.3, 0.4) is 0 Å². The van der Waals surface area contributed by atoms with Gasteiger partial charge in [-0.25, -0.2) is 0 Å². The van der Waals surface area contributed by atoms with Gasteiger partial charge in [0.1, 0.15) is 0 Å². The predicted molar refractivity (Wildman–Crippen MR) is 79.1 cm³/mol. The summed E-state index contributed by atoms with van der Waals surface area (Å²) in [6, 6.07) is 8.47. The van der Waals surface area contributed by atoms with Crippen LogP contribution in [-0.2, 0) is 12.1 Å². The molecule has 0 radical (unpaired) electrons. The molecule has 1 heterocycles. The second-order valence-corrected chi connectivity index (χ2v) is 6.45. The fraction of sp³-hybridized carbons (Fsp3) is 0.529. The molecule has 1 aliphatic rings. The summed E-state index contributed by atoms with van der Waals surface area (Å²) in [7, 11) is 0. The Morgan fingerprint density at radius 2 is 1.95 bits per heavy atom. The molecule has 0 bridgehead atoms. The van der Waals surface area contributed by atoms with Gasteiger partial charge in [-0.2, -0.15) is 0 Å². The van der Waals surface area contributed by atoms with E-state index in [-0.39, 0.29) is 0 Å². The second-order valence-electron chi connectivity index (χ2n) is 6.45. The van der Waals surface area contributed by atoms with Gasteiger partial charge in [-0.3, -0.25) is 0 Å². The number of aromatic nitrogens is 1. The number of hydrogen-bond donors (Lipinski definition) is 1. The summed E-state index contributed by atoms with van der Waals surface area (Å²) in [5, 5.41) is 11.4. The first-order valence-corrected chi connectivity index (χ1v) is 7.36. The van der Waals surface area contributed by atoms with Crippen LogP contribution in [0, 0.1) is 5.92 Å². The highest BCUT2D eigenvalue weighted by Gasteiger charge is 2.19. The summed E-state index contributed by atoms with van der Waals surface area (Å²) in [5.41, 5.74) is 1.48. The predicted octanol–water partition coefficient (Wildman–Crippen LogP) is 4.06. The van der Waals surface area contributed by atoms with Crippen molar-refractivity contribution in [2.45, 2.75) is 51.7 Å². The molecule has 0 atom stereocenters. The smallest absolute Gasteiger partial charge is 0.0841 e. The molecule has 1 aliphatic carbocycles. The zero-order chi connectivity index (χ0) is 13.5. The van der Waals surface area contributed by atoms with E-state index in [9.17, 15) is 5.11 Å². The largest absolute Gasteiger partial charge is 0.386 e. The Balaban J connectivity index is 1.95. The molecule has 1 N–H and O–H groups in total. The molecule has 0 amide bonds. The van der Waals surface area contributed by atoms with Crippen molar-refractivity contribution in [1.82, 2.24) is 4.57 Å². The Bertz CT molecular complexity index is 570. The first-order valence-electron chi connectivity index (χ1n) is 7.36. The highest BCUT2D eigenvalue weighted by Crippen LogP contribution is 2.29. The summed E-state index contributed by atoms with van der Waals surface area (Å²) < 4.78 is 2.36. The van der Waals surface area contributed by atoms with Gasteiger partial charge >= 0.3 is 0 Å². The van der Waals surface area contributed by atoms with Crippen molar-refractivity contribution in [3.8, 4) is 0 Å². The standard InChI is InChI=1S/C17H23NO/c1-17(2,19)15-8-7-14-9-10-18(16(14)11-15)12-13-5-3-4-6-13/h7-11,13,19H,3-6,12H2,1-2H3. The highest BCUT2D eigenvalue weighted by atomic mass is 16.3. The topological polar surface area (TPSA) is 25.2 Å². The fourth-order valence-electron chi connectivity index (χ4n) is 3.19. The normalized spacial score (nSPS) is 17.4. The van der Waals surface area contributed by atoms with Crippen molar-refractivity contribution in [3.63, 3.8) is 0 Å². The maximum atomic E-state index is 10.2. The van der Waals surface area contributed by atoms with Gasteiger partial charge in [0, 0.05) is 18.3 Å². The van der Waals surface area contributed by atoms with Gasteiger partial charge in [0.15, 0.2) is 0 Å². The van der Waals surface area contributed by atoms with Crippen LogP contribution in [0.1, 0.15) is 45.1 Å². The van der Waals surface area contributed by atoms with Crippen LogP contribution >= 0.6 is 0 Å². The molecule has 0 spiro atoms. The van der Waals surface area contributed by atoms with Crippen LogP contribution in [0.25, 0.3) is 10.9 Å². The van der Waals surface area contributed by atoms with Gasteiger partial charge in [-0.15, -0.1) is 0 Å². The number of nitrogens with zero attached hydrogens (tertiary/aromatic N) is 1. The average Bonchev–Trinajstić information content (AvgIpc) is 2.98. The van der Waals surface area contributed by atoms with Crippen molar-refractivity contribution in [2.24, 2.45) is 5.92 Å². The van der Waals surface area contributed by atoms with E-state index in [1.54, 1.807) is 0 Å². The third-order valence-corrected chi connectivity index (χ3v) is 4.41. The Morgan fingerprint density at radius 3 is 2.63 bits per heavy atom. The maximum absolute atomic E-state index is 10.2. The quantitative estimate of drug-likeness (QED) is 0.881. The van der Waals surface area contributed by atoms with Crippen LogP contribution in [-0.4, -0.2) is 9.67 Å². The van der Waals surface area contributed by atoms with Crippen molar-refractivity contribution >= 4 is 10.9 Å². The maximum Gasteiger partial charge on any atom is 0.0841 e. The summed E-state index contributed by atoms with van der Waals surface area (Å²) in [5.74, 6) is 0.835. The molecule has 1 saturated carbocycles. The van der Waals surface area contributed by atoms with E-state index in [4.69, 9.17) is 0 Å². The second kappa shape index (κ2) is 4.68. The van der Waals surface area contributed by atoms with Gasteiger partial charge in [0.2, 0.25) is 0 Å². The third kappa shape index (κ3) is 2.55. The van der Waals surface area contributed by atoms with Crippen LogP contribution in [0.2, 0.25) is 0 Å². The number of benzene rings is 1. The van der Waals surface area contributed by atoms with Crippen molar-refractivity contribution in [1.29, 1.82) is 0 Å². The summed E-state index contributed by atoms with van der Waals surface area (Å²) in [4.78, 5) is 0. The van der Waals surface area contributed by atoms with E-state index in [0.717, 1.165) is 18.0 Å². The minimum absolute atomic E-state index is 0.767. The van der Waals surface area contributed by atoms with Crippen molar-refractivity contribution in [3.05, 3.63) is 36.0 Å². The Labute approximate surface area is 115 Å². The number of fused-ring (bicyclic) bond motifs is 1. The lowest BCUT2D eigenvalue weighted by atomic mass is 9.97. The number of aliphatic hydroxyl groups is 1. The molecule has 0 aliphatic heterocycles. The Morgan fingerprint density at radius 1 is 1.21 bits per heavy atom. The molecule has 0 saturated heterocycles. The minimum Gasteiger partial charge on any atom is -0.386 e. The third-order valence-electron chi connectivity index (χ3n) is 4.41. The zero-order valence-electron chi connectivity index (χ0n) is 11.9. The molecule has 2 aromatic rings. The molecular weight excluding hydrogens is 234 g/mol. The van der Waals surface area contributed by atoms with E-state index in [1.807, 2.05) is 19.9 Å². The summed E-state index contributed by atoms with van der Waals surface area (Å²) in [6.07, 6.45) is 7.70. The first kappa shape index (κ1) is 12.7. The van der Waals surface area contributed by atoms with Gasteiger partial charge in [0.25, 0.3) is 0 Å². The lowest BCUT2D eigenvalue weighted by Gasteiger charge is -2.18. The van der Waals surface area contributed by atoms with Crippen LogP contribution in [0.4, 0.5) is 0 Å². The SMILES string of the molecule is CC(C)(O)c1ccc2ccn(CC3CCCC3)c2c1. The van der Waals surface area contributed by atoms with Crippen LogP contribution in [0.15, 0.2) is 30.5 Å². The van der Waals surface area contributed by atoms with Gasteiger partial charge < -0.3 is 9.67 Å². The van der Waals surface area contributed by atoms with Crippen molar-refractivity contribution in [2.75, 3.05) is 0 Å². The van der Waals surface area contributed by atoms with E-state index in [0.29, 0.717) is 0 Å². The highest BCUT2D eigenvalue weighted by molar-refractivity contribution is 5.81. The molecule has 0 unspecified atom stereocenters. The minimum atomic E-state index is -0.767. The number of hydrogen-bond acceptors (Lipinski definition) is 1. The molecule has 2 heteroatoms. The van der Waals surface area contributed by atoms with E-state index >= 15 is 0 Å². The average molecular weight is 257 g/mol. The molecule has 19 heavy (non-hydrogen) atoms. The first-order chi connectivity index (χ1) is 9.04. The van der Waals surface area contributed by atoms with E-state index in [1.165, 1.54) is 36.6 Å². The fourth-order valence-corrected chi connectivity index (χ4v) is 3.19. The van der Waals surface area contributed by atoms with Crippen LogP contribution < -0.4 is 0 Å². The summed E-state index contributed by atoms with van der Waals surface area (Å²) >= 11 is 0. The van der Waals surface area contributed by atoms with Gasteiger partial charge in [-0.05, 0) is 55.7 Å². The Kier molecular flexibility index (Phi) is 3.14. The molecule has 1 fully saturated rings. The van der Waals surface area contributed by atoms with Crippen molar-refractivity contribution < 1.29 is 5.11 Å². The van der Waals surface area contributed by atoms with Gasteiger partial charge in [-0.1, -0.05) is 25.0 Å². The molecule has 1 aromatic carbocycles. The molecule has 102 valence electrons. The van der Waals surface area contributed by atoms with E-state index in [2.05, 4.69) is 29.0 Å². The lowest BCUT2D eigenvalue weighted by molar-refractivity contribution is 0.0787. The molecule has 3 rings (SSSR count). The molecule has 2 nitrogen and oxygen atoms in total. The zero-order valence-corrected chi connectivity index (χ0v) is 11.9. The molecular formula is C17H23NO. The number of rotatable bonds is 3. The van der Waals surface area contributed by atoms with Gasteiger partial charge in [0.05, 0.1) is 5.60 Å². The molecule has 1 aromatic heterocycles. The monoisotopic (exact) mass is 257 g/mol.